The second kappa shape index (κ2) is 4.05. The highest BCUT2D eigenvalue weighted by molar-refractivity contribution is 5.99. The average molecular weight is 264 g/mol. The Labute approximate surface area is 112 Å². The molecule has 1 aliphatic carbocycles. The summed E-state index contributed by atoms with van der Waals surface area (Å²) in [5, 5.41) is 9.35. The minimum absolute atomic E-state index is 0.0822. The van der Waals surface area contributed by atoms with Crippen molar-refractivity contribution in [2.45, 2.75) is 38.3 Å². The molecular formula is C13H20N4O2. The number of nitrogens with one attached hydrogen (secondary N) is 2. The Kier molecular flexibility index (Phi) is 2.69. The number of fused-ring (bicyclic) bond motifs is 1. The smallest absolute Gasteiger partial charge is 0.246 e. The molecule has 1 amide bonds. The van der Waals surface area contributed by atoms with Crippen LogP contribution in [0.5, 0.6) is 0 Å². The maximum Gasteiger partial charge on any atom is 0.246 e. The molecule has 1 saturated carbocycles. The maximum absolute atomic E-state index is 12.5. The minimum atomic E-state index is -0.886. The molecular weight excluding hydrogens is 244 g/mol. The molecule has 0 spiro atoms. The van der Waals surface area contributed by atoms with E-state index in [0.717, 1.165) is 19.4 Å². The van der Waals surface area contributed by atoms with Gasteiger partial charge < -0.3 is 15.8 Å². The third-order valence-electron chi connectivity index (χ3n) is 4.81. The predicted molar refractivity (Wildman–Crippen MR) is 70.4 cm³/mol. The highest BCUT2D eigenvalue weighted by Crippen LogP contribution is 2.57. The second-order valence-electron chi connectivity index (χ2n) is 6.06. The van der Waals surface area contributed by atoms with Crippen LogP contribution in [0.3, 0.4) is 0 Å². The first kappa shape index (κ1) is 12.6. The summed E-state index contributed by atoms with van der Waals surface area (Å²) in [5.74, 6) is 0.512. The largest absolute Gasteiger partial charge is 0.377 e. The fourth-order valence-corrected chi connectivity index (χ4v) is 3.59. The van der Waals surface area contributed by atoms with Crippen molar-refractivity contribution in [1.29, 1.82) is 0 Å². The molecule has 2 heterocycles. The lowest BCUT2D eigenvalue weighted by Gasteiger charge is -2.65. The molecule has 19 heavy (non-hydrogen) atoms. The second-order valence-corrected chi connectivity index (χ2v) is 6.06. The van der Waals surface area contributed by atoms with E-state index in [0.29, 0.717) is 5.82 Å². The van der Waals surface area contributed by atoms with E-state index in [1.807, 2.05) is 13.8 Å². The Balaban J connectivity index is 1.83. The minimum Gasteiger partial charge on any atom is -0.377 e. The number of aromatic amines is 1. The monoisotopic (exact) mass is 264 g/mol. The van der Waals surface area contributed by atoms with Gasteiger partial charge in [-0.2, -0.15) is 5.10 Å². The lowest BCUT2D eigenvalue weighted by Crippen LogP contribution is -2.81. The highest BCUT2D eigenvalue weighted by Gasteiger charge is 2.70. The third-order valence-corrected chi connectivity index (χ3v) is 4.81. The zero-order chi connectivity index (χ0) is 13.7. The van der Waals surface area contributed by atoms with Crippen LogP contribution in [-0.2, 0) is 9.53 Å². The van der Waals surface area contributed by atoms with Gasteiger partial charge >= 0.3 is 0 Å². The van der Waals surface area contributed by atoms with Gasteiger partial charge in [-0.05, 0) is 12.8 Å². The van der Waals surface area contributed by atoms with Crippen molar-refractivity contribution in [3.8, 4) is 0 Å². The van der Waals surface area contributed by atoms with Gasteiger partial charge in [-0.3, -0.25) is 9.89 Å². The van der Waals surface area contributed by atoms with Crippen LogP contribution in [0.25, 0.3) is 0 Å². The number of carbonyl (C=O) groups excluding carboxylic acids is 1. The molecule has 0 aromatic carbocycles. The molecule has 1 aliphatic heterocycles. The van der Waals surface area contributed by atoms with Gasteiger partial charge in [0.2, 0.25) is 5.91 Å². The fourth-order valence-electron chi connectivity index (χ4n) is 3.59. The molecule has 0 radical (unpaired) electrons. The molecule has 3 atom stereocenters. The summed E-state index contributed by atoms with van der Waals surface area (Å²) >= 11 is 0. The van der Waals surface area contributed by atoms with Crippen LogP contribution in [0.15, 0.2) is 12.3 Å². The zero-order valence-electron chi connectivity index (χ0n) is 11.3. The summed E-state index contributed by atoms with van der Waals surface area (Å²) in [6.45, 7) is 4.78. The van der Waals surface area contributed by atoms with Crippen LogP contribution in [0.1, 0.15) is 26.7 Å². The summed E-state index contributed by atoms with van der Waals surface area (Å²) < 4.78 is 5.79. The van der Waals surface area contributed by atoms with E-state index in [9.17, 15) is 4.79 Å². The van der Waals surface area contributed by atoms with Crippen molar-refractivity contribution in [2.75, 3.05) is 11.9 Å². The molecule has 4 N–H and O–H groups in total. The van der Waals surface area contributed by atoms with Gasteiger partial charge in [0.1, 0.15) is 11.4 Å². The molecule has 3 rings (SSSR count). The molecule has 1 aromatic heterocycles. The van der Waals surface area contributed by atoms with Crippen LogP contribution in [0.4, 0.5) is 5.82 Å². The number of rotatable bonds is 2. The molecule has 2 aliphatic rings. The van der Waals surface area contributed by atoms with Gasteiger partial charge in [0.25, 0.3) is 0 Å². The normalized spacial score (nSPS) is 36.2. The van der Waals surface area contributed by atoms with Crippen LogP contribution in [0, 0.1) is 11.3 Å². The molecule has 1 saturated heterocycles. The Morgan fingerprint density at radius 1 is 1.63 bits per heavy atom. The summed E-state index contributed by atoms with van der Waals surface area (Å²) in [7, 11) is 0. The van der Waals surface area contributed by atoms with E-state index >= 15 is 0 Å². The lowest BCUT2D eigenvalue weighted by molar-refractivity contribution is -0.222. The van der Waals surface area contributed by atoms with Crippen molar-refractivity contribution < 1.29 is 9.53 Å². The van der Waals surface area contributed by atoms with Crippen molar-refractivity contribution in [2.24, 2.45) is 17.1 Å². The average Bonchev–Trinajstić information content (AvgIpc) is 2.90. The number of amides is 1. The fraction of sp³-hybridized carbons (Fsp3) is 0.692. The van der Waals surface area contributed by atoms with Gasteiger partial charge in [-0.15, -0.1) is 0 Å². The number of nitrogens with two attached hydrogens (primary N) is 1. The van der Waals surface area contributed by atoms with Gasteiger partial charge in [0, 0.05) is 24.0 Å². The number of carbonyl (C=O) groups is 1. The van der Waals surface area contributed by atoms with Crippen LogP contribution >= 0.6 is 0 Å². The number of hydrogen-bond donors (Lipinski definition) is 3. The van der Waals surface area contributed by atoms with Gasteiger partial charge in [-0.25, -0.2) is 0 Å². The summed E-state index contributed by atoms with van der Waals surface area (Å²) in [6, 6.07) is 1.71. The number of hydrogen-bond acceptors (Lipinski definition) is 4. The molecule has 2 fully saturated rings. The van der Waals surface area contributed by atoms with Gasteiger partial charge in [0.15, 0.2) is 0 Å². The van der Waals surface area contributed by atoms with E-state index < -0.39 is 5.54 Å². The third kappa shape index (κ3) is 1.56. The quantitative estimate of drug-likeness (QED) is 0.739. The SMILES string of the molecule is CC1(C)C2OCCCC2C1(N)C(=O)Nc1ccn[nH]1. The van der Waals surface area contributed by atoms with E-state index in [4.69, 9.17) is 10.5 Å². The molecule has 6 nitrogen and oxygen atoms in total. The maximum atomic E-state index is 12.5. The molecule has 6 heteroatoms. The van der Waals surface area contributed by atoms with Crippen LogP contribution in [0.2, 0.25) is 0 Å². The predicted octanol–water partition coefficient (Wildman–Crippen LogP) is 0.881. The summed E-state index contributed by atoms with van der Waals surface area (Å²) in [5.41, 5.74) is 5.22. The van der Waals surface area contributed by atoms with E-state index in [-0.39, 0.29) is 23.3 Å². The number of H-pyrrole nitrogens is 1. The van der Waals surface area contributed by atoms with Crippen molar-refractivity contribution >= 4 is 11.7 Å². The standard InChI is InChI=1S/C13H20N4O2/c1-12(2)10-8(4-3-7-19-10)13(12,14)11(18)16-9-5-6-15-17-9/h5-6,8,10H,3-4,7,14H2,1-2H3,(H2,15,16,17,18). The number of aromatic nitrogens is 2. The van der Waals surface area contributed by atoms with Gasteiger partial charge in [0.05, 0.1) is 12.3 Å². The number of nitrogens with zero attached hydrogens (tertiary/aromatic N) is 1. The molecule has 1 aromatic rings. The number of anilines is 1. The van der Waals surface area contributed by atoms with E-state index in [1.165, 1.54) is 0 Å². The molecule has 3 unspecified atom stereocenters. The first-order valence-electron chi connectivity index (χ1n) is 6.69. The van der Waals surface area contributed by atoms with Gasteiger partial charge in [-0.1, -0.05) is 13.8 Å². The summed E-state index contributed by atoms with van der Waals surface area (Å²) in [6.07, 6.45) is 3.59. The Morgan fingerprint density at radius 3 is 3.11 bits per heavy atom. The van der Waals surface area contributed by atoms with Crippen molar-refractivity contribution in [3.63, 3.8) is 0 Å². The molecule has 104 valence electrons. The first-order valence-corrected chi connectivity index (χ1v) is 6.69. The Bertz CT molecular complexity index is 485. The van der Waals surface area contributed by atoms with Crippen molar-refractivity contribution in [1.82, 2.24) is 10.2 Å². The summed E-state index contributed by atoms with van der Waals surface area (Å²) in [4.78, 5) is 12.5. The highest BCUT2D eigenvalue weighted by atomic mass is 16.5. The van der Waals surface area contributed by atoms with E-state index in [2.05, 4.69) is 15.5 Å². The molecule has 0 bridgehead atoms. The van der Waals surface area contributed by atoms with E-state index in [1.54, 1.807) is 12.3 Å². The Morgan fingerprint density at radius 2 is 2.42 bits per heavy atom. The van der Waals surface area contributed by atoms with Crippen LogP contribution in [-0.4, -0.2) is 34.4 Å². The Hall–Kier alpha value is -1.40. The topological polar surface area (TPSA) is 93.0 Å². The zero-order valence-corrected chi connectivity index (χ0v) is 11.3. The lowest BCUT2D eigenvalue weighted by atomic mass is 9.46. The number of ether oxygens (including phenoxy) is 1. The van der Waals surface area contributed by atoms with Crippen LogP contribution < -0.4 is 11.1 Å². The first-order chi connectivity index (χ1) is 8.98. The van der Waals surface area contributed by atoms with Crippen molar-refractivity contribution in [3.05, 3.63) is 12.3 Å².